The van der Waals surface area contributed by atoms with E-state index in [2.05, 4.69) is 0 Å². The fourth-order valence-corrected chi connectivity index (χ4v) is 2.57. The fraction of sp³-hybridized carbons (Fsp3) is 0.667. The Morgan fingerprint density at radius 2 is 1.54 bits per heavy atom. The summed E-state index contributed by atoms with van der Waals surface area (Å²) in [6.45, 7) is 0. The van der Waals surface area contributed by atoms with E-state index in [0.29, 0.717) is 6.21 Å². The van der Waals surface area contributed by atoms with E-state index in [1.165, 1.54) is 0 Å². The number of hydrogen-bond donors (Lipinski definition) is 6. The first-order valence-electron chi connectivity index (χ1n) is 2.95. The van der Waals surface area contributed by atoms with E-state index in [-0.39, 0.29) is 0 Å². The van der Waals surface area contributed by atoms with Gasteiger partial charge >= 0.3 is 15.2 Å². The average Bonchev–Trinajstić information content (AvgIpc) is 1.82. The molecule has 0 aromatic rings. The maximum Gasteiger partial charge on any atom is 0.358 e. The second-order valence-corrected chi connectivity index (χ2v) is 6.50. The Kier molecular flexibility index (Phi) is 3.57. The molecule has 0 amide bonds. The smallest absolute Gasteiger partial charge is 0.323 e. The Morgan fingerprint density at radius 1 is 1.23 bits per heavy atom. The van der Waals surface area contributed by atoms with Crippen molar-refractivity contribution in [2.45, 2.75) is 11.4 Å². The molecule has 0 aliphatic heterocycles. The van der Waals surface area contributed by atoms with Crippen molar-refractivity contribution in [1.82, 2.24) is 0 Å². The van der Waals surface area contributed by atoms with Crippen LogP contribution in [0.25, 0.3) is 0 Å². The maximum atomic E-state index is 10.7. The van der Waals surface area contributed by atoms with Crippen molar-refractivity contribution >= 4 is 21.4 Å². The van der Waals surface area contributed by atoms with Gasteiger partial charge in [0.05, 0.1) is 0 Å². The lowest BCUT2D eigenvalue weighted by atomic mass is 10.5. The zero-order chi connectivity index (χ0) is 10.9. The van der Waals surface area contributed by atoms with Gasteiger partial charge in [0.2, 0.25) is 5.02 Å². The Bertz CT molecular complexity index is 268. The van der Waals surface area contributed by atoms with Gasteiger partial charge in [-0.05, 0) is 6.21 Å². The van der Waals surface area contributed by atoms with Crippen LogP contribution < -0.4 is 5.73 Å². The van der Waals surface area contributed by atoms with Crippen molar-refractivity contribution in [2.24, 2.45) is 5.73 Å². The molecule has 0 bridgehead atoms. The summed E-state index contributed by atoms with van der Waals surface area (Å²) >= 11 is 0. The number of nitrogens with one attached hydrogen (secondary N) is 1. The molecule has 13 heavy (non-hydrogen) atoms. The van der Waals surface area contributed by atoms with Crippen LogP contribution in [-0.2, 0) is 9.13 Å². The fourth-order valence-electron chi connectivity index (χ4n) is 0.558. The predicted octanol–water partition coefficient (Wildman–Crippen LogP) is -1.01. The monoisotopic (exact) mass is 232 g/mol. The van der Waals surface area contributed by atoms with Crippen LogP contribution in [0.3, 0.4) is 0 Å². The minimum atomic E-state index is -5.16. The Balaban J connectivity index is 5.34. The van der Waals surface area contributed by atoms with Crippen molar-refractivity contribution in [3.8, 4) is 0 Å². The molecule has 0 aromatic heterocycles. The second-order valence-electron chi connectivity index (χ2n) is 2.37. The van der Waals surface area contributed by atoms with Crippen LogP contribution in [0.1, 0.15) is 6.42 Å². The van der Waals surface area contributed by atoms with Crippen molar-refractivity contribution in [3.63, 3.8) is 0 Å². The number of nitrogens with two attached hydrogens (primary N) is 1. The summed E-state index contributed by atoms with van der Waals surface area (Å²) in [5, 5.41) is 3.54. The first-order chi connectivity index (χ1) is 5.56. The highest BCUT2D eigenvalue weighted by atomic mass is 31.2. The molecule has 0 fully saturated rings. The highest BCUT2D eigenvalue weighted by Crippen LogP contribution is 2.66. The van der Waals surface area contributed by atoms with Crippen molar-refractivity contribution in [3.05, 3.63) is 0 Å². The molecular weight excluding hydrogens is 222 g/mol. The molecular formula is C3H10N2O6P2. The molecule has 0 saturated heterocycles. The van der Waals surface area contributed by atoms with Gasteiger partial charge in [0, 0.05) is 6.42 Å². The summed E-state index contributed by atoms with van der Waals surface area (Å²) in [5.74, 6) is 0. The van der Waals surface area contributed by atoms with Crippen LogP contribution >= 0.6 is 15.2 Å². The van der Waals surface area contributed by atoms with E-state index < -0.39 is 26.6 Å². The molecule has 0 radical (unpaired) electrons. The lowest BCUT2D eigenvalue weighted by Gasteiger charge is -2.28. The summed E-state index contributed by atoms with van der Waals surface area (Å²) in [6, 6.07) is 0. The number of rotatable bonds is 4. The molecule has 0 saturated carbocycles. The highest BCUT2D eigenvalue weighted by Gasteiger charge is 2.56. The largest absolute Gasteiger partial charge is 0.358 e. The van der Waals surface area contributed by atoms with Gasteiger partial charge in [-0.15, -0.1) is 0 Å². The van der Waals surface area contributed by atoms with Gasteiger partial charge in [0.15, 0.2) is 0 Å². The Labute approximate surface area is 73.6 Å². The molecule has 8 nitrogen and oxygen atoms in total. The van der Waals surface area contributed by atoms with Crippen molar-refractivity contribution in [2.75, 3.05) is 0 Å². The quantitative estimate of drug-likeness (QED) is 0.267. The van der Waals surface area contributed by atoms with Crippen LogP contribution in [0.5, 0.6) is 0 Å². The van der Waals surface area contributed by atoms with Gasteiger partial charge in [0.25, 0.3) is 0 Å². The van der Waals surface area contributed by atoms with Crippen LogP contribution in [-0.4, -0.2) is 30.8 Å². The summed E-state index contributed by atoms with van der Waals surface area (Å²) in [4.78, 5) is 34.4. The van der Waals surface area contributed by atoms with Gasteiger partial charge < -0.3 is 30.7 Å². The van der Waals surface area contributed by atoms with Crippen LogP contribution in [0.4, 0.5) is 0 Å². The first-order valence-corrected chi connectivity index (χ1v) is 6.18. The first kappa shape index (κ1) is 12.9. The Morgan fingerprint density at radius 3 is 1.62 bits per heavy atom. The summed E-state index contributed by atoms with van der Waals surface area (Å²) in [7, 11) is -10.3. The number of hydrogen-bond acceptors (Lipinski definition) is 4. The van der Waals surface area contributed by atoms with E-state index in [1.54, 1.807) is 0 Å². The standard InChI is InChI=1S/C3H10N2O6P2/c4-2-1-3(5,12(6,7)8)13(9,10)11/h2,4H,1,5H2,(H2,6,7,8)(H2,9,10,11). The zero-order valence-corrected chi connectivity index (χ0v) is 8.15. The third-order valence-electron chi connectivity index (χ3n) is 1.41. The molecule has 0 aromatic carbocycles. The topological polar surface area (TPSA) is 165 Å². The molecule has 0 aliphatic carbocycles. The molecule has 0 spiro atoms. The zero-order valence-electron chi connectivity index (χ0n) is 6.36. The molecule has 0 atom stereocenters. The van der Waals surface area contributed by atoms with E-state index in [4.69, 9.17) is 30.7 Å². The highest BCUT2D eigenvalue weighted by molar-refractivity contribution is 7.72. The van der Waals surface area contributed by atoms with Crippen LogP contribution in [0, 0.1) is 5.41 Å². The van der Waals surface area contributed by atoms with Crippen molar-refractivity contribution < 1.29 is 28.7 Å². The molecule has 0 unspecified atom stereocenters. The lowest BCUT2D eigenvalue weighted by molar-refractivity contribution is 0.311. The molecule has 0 heterocycles. The van der Waals surface area contributed by atoms with E-state index in [1.807, 2.05) is 0 Å². The van der Waals surface area contributed by atoms with E-state index in [9.17, 15) is 9.13 Å². The third-order valence-corrected chi connectivity index (χ3v) is 5.36. The van der Waals surface area contributed by atoms with Gasteiger partial charge in [0.1, 0.15) is 0 Å². The minimum absolute atomic E-state index is 0.443. The maximum absolute atomic E-state index is 10.7. The van der Waals surface area contributed by atoms with Gasteiger partial charge in [-0.1, -0.05) is 0 Å². The van der Waals surface area contributed by atoms with Gasteiger partial charge in [-0.2, -0.15) is 0 Å². The molecule has 78 valence electrons. The SMILES string of the molecule is N=CCC(N)(P(=O)(O)O)P(=O)(O)O. The van der Waals surface area contributed by atoms with Crippen molar-refractivity contribution in [1.29, 1.82) is 5.41 Å². The summed E-state index contributed by atoms with van der Waals surface area (Å²) in [6.07, 6.45) is -0.445. The lowest BCUT2D eigenvalue weighted by Crippen LogP contribution is -2.39. The Hall–Kier alpha value is -0.0700. The predicted molar refractivity (Wildman–Crippen MR) is 44.4 cm³/mol. The van der Waals surface area contributed by atoms with Gasteiger partial charge in [-0.3, -0.25) is 9.13 Å². The second kappa shape index (κ2) is 3.59. The van der Waals surface area contributed by atoms with Crippen LogP contribution in [0.15, 0.2) is 0 Å². The average molecular weight is 232 g/mol. The third kappa shape index (κ3) is 2.45. The minimum Gasteiger partial charge on any atom is -0.323 e. The summed E-state index contributed by atoms with van der Waals surface area (Å²) in [5.41, 5.74) is 4.89. The summed E-state index contributed by atoms with van der Waals surface area (Å²) < 4.78 is 21.3. The normalized spacial score (nSPS) is 14.2. The molecule has 0 rings (SSSR count). The van der Waals surface area contributed by atoms with E-state index >= 15 is 0 Å². The van der Waals surface area contributed by atoms with Crippen LogP contribution in [0.2, 0.25) is 0 Å². The molecule has 7 N–H and O–H groups in total. The van der Waals surface area contributed by atoms with E-state index in [0.717, 1.165) is 0 Å². The molecule has 0 aliphatic rings. The van der Waals surface area contributed by atoms with Gasteiger partial charge in [-0.25, -0.2) is 0 Å². The molecule has 10 heteroatoms.